The van der Waals surface area contributed by atoms with Crippen molar-refractivity contribution >= 4 is 17.2 Å². The van der Waals surface area contributed by atoms with Crippen LogP contribution in [0.25, 0.3) is 16.3 Å². The van der Waals surface area contributed by atoms with Gasteiger partial charge in [-0.25, -0.2) is 4.68 Å². The van der Waals surface area contributed by atoms with Crippen LogP contribution >= 0.6 is 11.3 Å². The molecule has 118 valence electrons. The smallest absolute Gasteiger partial charge is 0.270 e. The summed E-state index contributed by atoms with van der Waals surface area (Å²) in [5.74, 6) is -0.115. The number of benzene rings is 1. The van der Waals surface area contributed by atoms with Crippen molar-refractivity contribution in [3.8, 4) is 16.3 Å². The highest BCUT2D eigenvalue weighted by Crippen LogP contribution is 2.26. The summed E-state index contributed by atoms with van der Waals surface area (Å²) in [7, 11) is 0. The van der Waals surface area contributed by atoms with Gasteiger partial charge in [0, 0.05) is 6.04 Å². The number of hydrogen-bond acceptors (Lipinski definition) is 3. The van der Waals surface area contributed by atoms with E-state index in [0.717, 1.165) is 16.3 Å². The van der Waals surface area contributed by atoms with Gasteiger partial charge in [0.2, 0.25) is 0 Å². The van der Waals surface area contributed by atoms with Crippen LogP contribution in [0.5, 0.6) is 0 Å². The number of thiophene rings is 1. The zero-order valence-corrected chi connectivity index (χ0v) is 14.2. The highest BCUT2D eigenvalue weighted by molar-refractivity contribution is 7.13. The number of nitrogens with one attached hydrogen (secondary N) is 1. The highest BCUT2D eigenvalue weighted by Gasteiger charge is 2.18. The molecule has 0 saturated carbocycles. The molecule has 1 N–H and O–H groups in total. The lowest BCUT2D eigenvalue weighted by Crippen LogP contribution is -2.31. The van der Waals surface area contributed by atoms with E-state index < -0.39 is 0 Å². The number of aromatic nitrogens is 2. The maximum atomic E-state index is 12.5. The fourth-order valence-electron chi connectivity index (χ4n) is 2.31. The molecule has 0 radical (unpaired) electrons. The number of rotatable bonds is 4. The fourth-order valence-corrected chi connectivity index (χ4v) is 2.99. The minimum Gasteiger partial charge on any atom is -0.349 e. The second-order valence-electron chi connectivity index (χ2n) is 5.77. The average molecular weight is 325 g/mol. The van der Waals surface area contributed by atoms with Gasteiger partial charge in [-0.15, -0.1) is 11.3 Å². The van der Waals surface area contributed by atoms with Gasteiger partial charge in [0.1, 0.15) is 11.4 Å². The average Bonchev–Trinajstić information content (AvgIpc) is 3.16. The normalized spacial score (nSPS) is 11.0. The van der Waals surface area contributed by atoms with Crippen LogP contribution in [-0.4, -0.2) is 21.7 Å². The Balaban J connectivity index is 2.08. The lowest BCUT2D eigenvalue weighted by Gasteiger charge is -2.10. The molecule has 1 aromatic carbocycles. The van der Waals surface area contributed by atoms with Crippen LogP contribution in [0.15, 0.2) is 47.8 Å². The summed E-state index contributed by atoms with van der Waals surface area (Å²) in [6, 6.07) is 13.9. The van der Waals surface area contributed by atoms with E-state index in [1.807, 2.05) is 68.6 Å². The third-order valence-corrected chi connectivity index (χ3v) is 4.31. The summed E-state index contributed by atoms with van der Waals surface area (Å²) >= 11 is 1.61. The van der Waals surface area contributed by atoms with Crippen LogP contribution in [0.3, 0.4) is 0 Å². The van der Waals surface area contributed by atoms with Crippen molar-refractivity contribution in [2.45, 2.75) is 26.8 Å². The second-order valence-corrected chi connectivity index (χ2v) is 6.72. The highest BCUT2D eigenvalue weighted by atomic mass is 32.1. The molecular weight excluding hydrogens is 306 g/mol. The van der Waals surface area contributed by atoms with E-state index in [-0.39, 0.29) is 11.9 Å². The molecule has 1 amide bonds. The number of carbonyl (C=O) groups is 1. The number of nitrogens with zero attached hydrogens (tertiary/aromatic N) is 2. The van der Waals surface area contributed by atoms with Gasteiger partial charge < -0.3 is 5.32 Å². The Morgan fingerprint density at radius 3 is 2.57 bits per heavy atom. The number of amides is 1. The fraction of sp³-hybridized carbons (Fsp3) is 0.222. The molecule has 2 aromatic heterocycles. The third kappa shape index (κ3) is 3.35. The molecule has 0 atom stereocenters. The van der Waals surface area contributed by atoms with Crippen molar-refractivity contribution in [2.75, 3.05) is 0 Å². The molecule has 0 saturated heterocycles. The zero-order chi connectivity index (χ0) is 16.4. The quantitative estimate of drug-likeness (QED) is 0.786. The van der Waals surface area contributed by atoms with Gasteiger partial charge in [-0.3, -0.25) is 4.79 Å². The molecule has 0 aliphatic carbocycles. The Bertz CT molecular complexity index is 801. The van der Waals surface area contributed by atoms with Gasteiger partial charge >= 0.3 is 0 Å². The standard InChI is InChI=1S/C18H19N3OS/c1-12(2)19-18(22)16-11-15(17-5-4-10-23-17)20-21(16)14-8-6-13(3)7-9-14/h4-12H,1-3H3,(H,19,22). The van der Waals surface area contributed by atoms with Crippen molar-refractivity contribution in [3.63, 3.8) is 0 Å². The van der Waals surface area contributed by atoms with Gasteiger partial charge in [-0.05, 0) is 50.4 Å². The van der Waals surface area contributed by atoms with E-state index in [0.29, 0.717) is 5.69 Å². The van der Waals surface area contributed by atoms with E-state index >= 15 is 0 Å². The number of aryl methyl sites for hydroxylation is 1. The molecule has 3 rings (SSSR count). The van der Waals surface area contributed by atoms with Crippen molar-refractivity contribution in [1.29, 1.82) is 0 Å². The van der Waals surface area contributed by atoms with Crippen molar-refractivity contribution < 1.29 is 4.79 Å². The monoisotopic (exact) mass is 325 g/mol. The second kappa shape index (κ2) is 6.38. The first-order valence-corrected chi connectivity index (χ1v) is 8.44. The molecule has 0 fully saturated rings. The van der Waals surface area contributed by atoms with Crippen LogP contribution in [0.2, 0.25) is 0 Å². The van der Waals surface area contributed by atoms with Gasteiger partial charge in [-0.1, -0.05) is 23.8 Å². The molecule has 0 aliphatic heterocycles. The SMILES string of the molecule is Cc1ccc(-n2nc(-c3cccs3)cc2C(=O)NC(C)C)cc1. The van der Waals surface area contributed by atoms with Crippen LogP contribution in [0.1, 0.15) is 29.9 Å². The molecule has 0 aliphatic rings. The Morgan fingerprint density at radius 1 is 1.22 bits per heavy atom. The molecule has 2 heterocycles. The predicted molar refractivity (Wildman–Crippen MR) is 94.2 cm³/mol. The first-order chi connectivity index (χ1) is 11.0. The van der Waals surface area contributed by atoms with Crippen molar-refractivity contribution in [2.24, 2.45) is 0 Å². The van der Waals surface area contributed by atoms with Gasteiger partial charge in [-0.2, -0.15) is 5.10 Å². The van der Waals surface area contributed by atoms with E-state index in [4.69, 9.17) is 0 Å². The van der Waals surface area contributed by atoms with E-state index in [2.05, 4.69) is 10.4 Å². The lowest BCUT2D eigenvalue weighted by atomic mass is 10.2. The largest absolute Gasteiger partial charge is 0.349 e. The molecule has 5 heteroatoms. The Hall–Kier alpha value is -2.40. The van der Waals surface area contributed by atoms with E-state index in [9.17, 15) is 4.79 Å². The molecule has 0 bridgehead atoms. The van der Waals surface area contributed by atoms with Crippen molar-refractivity contribution in [3.05, 3.63) is 59.1 Å². The molecular formula is C18H19N3OS. The van der Waals surface area contributed by atoms with Crippen molar-refractivity contribution in [1.82, 2.24) is 15.1 Å². The molecule has 4 nitrogen and oxygen atoms in total. The summed E-state index contributed by atoms with van der Waals surface area (Å²) in [5.41, 5.74) is 3.42. The van der Waals surface area contributed by atoms with Gasteiger partial charge in [0.25, 0.3) is 5.91 Å². The molecule has 0 unspecified atom stereocenters. The molecule has 3 aromatic rings. The van der Waals surface area contributed by atoms with E-state index in [1.165, 1.54) is 5.56 Å². The zero-order valence-electron chi connectivity index (χ0n) is 13.4. The van der Waals surface area contributed by atoms with Gasteiger partial charge in [0.15, 0.2) is 0 Å². The summed E-state index contributed by atoms with van der Waals surface area (Å²) in [6.07, 6.45) is 0. The first kappa shape index (κ1) is 15.5. The number of carbonyl (C=O) groups excluding carboxylic acids is 1. The maximum absolute atomic E-state index is 12.5. The molecule has 23 heavy (non-hydrogen) atoms. The Morgan fingerprint density at radius 2 is 1.96 bits per heavy atom. The van der Waals surface area contributed by atoms with Crippen LogP contribution in [0.4, 0.5) is 0 Å². The predicted octanol–water partition coefficient (Wildman–Crippen LogP) is 4.05. The third-order valence-electron chi connectivity index (χ3n) is 3.41. The Labute approximate surface area is 139 Å². The van der Waals surface area contributed by atoms with Gasteiger partial charge in [0.05, 0.1) is 10.6 Å². The minimum absolute atomic E-state index is 0.0778. The maximum Gasteiger partial charge on any atom is 0.270 e. The summed E-state index contributed by atoms with van der Waals surface area (Å²) in [6.45, 7) is 5.94. The van der Waals surface area contributed by atoms with Crippen LogP contribution in [0, 0.1) is 6.92 Å². The summed E-state index contributed by atoms with van der Waals surface area (Å²) in [5, 5.41) is 9.60. The lowest BCUT2D eigenvalue weighted by molar-refractivity contribution is 0.0935. The Kier molecular flexibility index (Phi) is 4.30. The first-order valence-electron chi connectivity index (χ1n) is 7.56. The van der Waals surface area contributed by atoms with Crippen LogP contribution in [-0.2, 0) is 0 Å². The summed E-state index contributed by atoms with van der Waals surface area (Å²) < 4.78 is 1.71. The summed E-state index contributed by atoms with van der Waals surface area (Å²) in [4.78, 5) is 13.6. The molecule has 0 spiro atoms. The topological polar surface area (TPSA) is 46.9 Å². The minimum atomic E-state index is -0.115. The van der Waals surface area contributed by atoms with E-state index in [1.54, 1.807) is 16.0 Å². The van der Waals surface area contributed by atoms with Crippen LogP contribution < -0.4 is 5.32 Å². The number of hydrogen-bond donors (Lipinski definition) is 1.